The third kappa shape index (κ3) is 3.03. The van der Waals surface area contributed by atoms with Gasteiger partial charge >= 0.3 is 0 Å². The summed E-state index contributed by atoms with van der Waals surface area (Å²) in [4.78, 5) is 4.34. The average molecular weight is 460 g/mol. The van der Waals surface area contributed by atoms with E-state index in [1.807, 2.05) is 22.9 Å². The van der Waals surface area contributed by atoms with Crippen LogP contribution < -0.4 is 14.8 Å². The number of nitrogens with zero attached hydrogens (tertiary/aromatic N) is 3. The number of rotatable bonds is 4. The van der Waals surface area contributed by atoms with Gasteiger partial charge in [-0.2, -0.15) is 10.1 Å². The lowest BCUT2D eigenvalue weighted by Gasteiger charge is -2.25. The number of benzene rings is 2. The molecule has 0 bridgehead atoms. The monoisotopic (exact) mass is 460 g/mol. The first-order valence-corrected chi connectivity index (χ1v) is 9.13. The minimum atomic E-state index is -0.0946. The van der Waals surface area contributed by atoms with E-state index in [0.29, 0.717) is 17.4 Å². The number of hydrogen-bond donors (Lipinski definition) is 1. The molecule has 1 aliphatic rings. The van der Waals surface area contributed by atoms with E-state index < -0.39 is 0 Å². The Labute approximate surface area is 165 Å². The maximum absolute atomic E-state index is 5.45. The van der Waals surface area contributed by atoms with Gasteiger partial charge in [0.25, 0.3) is 0 Å². The Morgan fingerprint density at radius 1 is 1.04 bits per heavy atom. The lowest BCUT2D eigenvalue weighted by Crippen LogP contribution is -2.20. The van der Waals surface area contributed by atoms with Crippen LogP contribution >= 0.6 is 22.6 Å². The van der Waals surface area contributed by atoms with Crippen molar-refractivity contribution < 1.29 is 9.47 Å². The average Bonchev–Trinajstić information content (AvgIpc) is 3.16. The van der Waals surface area contributed by atoms with Crippen LogP contribution in [0.1, 0.15) is 17.2 Å². The molecule has 7 heteroatoms. The summed E-state index contributed by atoms with van der Waals surface area (Å²) in [5, 5.41) is 7.74. The molecule has 1 aromatic heterocycles. The number of fused-ring (bicyclic) bond motifs is 1. The van der Waals surface area contributed by atoms with E-state index in [1.165, 1.54) is 3.57 Å². The van der Waals surface area contributed by atoms with Gasteiger partial charge in [-0.25, -0.2) is 4.68 Å². The molecule has 132 valence electrons. The van der Waals surface area contributed by atoms with E-state index in [1.54, 1.807) is 20.5 Å². The second kappa shape index (κ2) is 6.99. The first-order valence-electron chi connectivity index (χ1n) is 8.06. The quantitative estimate of drug-likeness (QED) is 0.598. The lowest BCUT2D eigenvalue weighted by atomic mass is 10.0. The van der Waals surface area contributed by atoms with Crippen molar-refractivity contribution in [1.29, 1.82) is 0 Å². The van der Waals surface area contributed by atoms with Crippen molar-refractivity contribution >= 4 is 34.2 Å². The van der Waals surface area contributed by atoms with E-state index in [0.717, 1.165) is 16.8 Å². The molecule has 2 heterocycles. The minimum Gasteiger partial charge on any atom is -0.493 e. The van der Waals surface area contributed by atoms with Gasteiger partial charge in [0.2, 0.25) is 5.95 Å². The molecule has 0 radical (unpaired) electrons. The number of aromatic nitrogens is 3. The fraction of sp³-hybridized carbons (Fsp3) is 0.158. The second-order valence-corrected chi connectivity index (χ2v) is 7.05. The summed E-state index contributed by atoms with van der Waals surface area (Å²) in [6, 6.07) is 14.2. The van der Waals surface area contributed by atoms with Crippen molar-refractivity contribution in [3.05, 3.63) is 69.6 Å². The summed E-state index contributed by atoms with van der Waals surface area (Å²) >= 11 is 2.30. The zero-order valence-electron chi connectivity index (χ0n) is 14.3. The molecule has 0 spiro atoms. The normalized spacial score (nSPS) is 15.7. The van der Waals surface area contributed by atoms with Crippen LogP contribution in [-0.4, -0.2) is 29.0 Å². The molecule has 26 heavy (non-hydrogen) atoms. The van der Waals surface area contributed by atoms with Crippen molar-refractivity contribution in [1.82, 2.24) is 14.8 Å². The molecule has 0 saturated carbocycles. The zero-order chi connectivity index (χ0) is 18.1. The number of hydrogen-bond acceptors (Lipinski definition) is 5. The molecule has 0 amide bonds. The molecule has 1 atom stereocenters. The van der Waals surface area contributed by atoms with E-state index in [-0.39, 0.29) is 6.04 Å². The van der Waals surface area contributed by atoms with Crippen LogP contribution in [0.5, 0.6) is 11.5 Å². The van der Waals surface area contributed by atoms with E-state index >= 15 is 0 Å². The maximum Gasteiger partial charge on any atom is 0.226 e. The second-order valence-electron chi connectivity index (χ2n) is 5.80. The predicted octanol–water partition coefficient (Wildman–Crippen LogP) is 3.96. The molecule has 0 unspecified atom stereocenters. The van der Waals surface area contributed by atoms with Gasteiger partial charge in [-0.3, -0.25) is 0 Å². The van der Waals surface area contributed by atoms with Gasteiger partial charge < -0.3 is 14.8 Å². The third-order valence-corrected chi connectivity index (χ3v) is 5.03. The highest BCUT2D eigenvalue weighted by Gasteiger charge is 2.24. The first kappa shape index (κ1) is 16.9. The summed E-state index contributed by atoms with van der Waals surface area (Å²) in [6.07, 6.45) is 3.70. The smallest absolute Gasteiger partial charge is 0.226 e. The standard InChI is InChI=1S/C19H17IN4O2/c1-25-17-8-5-13(9-18(17)26-2)16-10-15(12-3-6-14(20)7-4-12)23-19-21-11-22-24(16)19/h3-11,16H,1-2H3,(H,21,22,23)/t16-/m1/s1. The zero-order valence-corrected chi connectivity index (χ0v) is 16.5. The fourth-order valence-electron chi connectivity index (χ4n) is 3.01. The molecule has 0 fully saturated rings. The number of nitrogens with one attached hydrogen (secondary N) is 1. The maximum atomic E-state index is 5.45. The van der Waals surface area contributed by atoms with Crippen LogP contribution in [0.3, 0.4) is 0 Å². The molecule has 0 aliphatic carbocycles. The molecule has 4 rings (SSSR count). The van der Waals surface area contributed by atoms with Gasteiger partial charge in [0.1, 0.15) is 12.4 Å². The van der Waals surface area contributed by atoms with Crippen molar-refractivity contribution in [3.63, 3.8) is 0 Å². The Bertz CT molecular complexity index is 966. The molecule has 1 aliphatic heterocycles. The van der Waals surface area contributed by atoms with Crippen molar-refractivity contribution in [3.8, 4) is 11.5 Å². The highest BCUT2D eigenvalue weighted by molar-refractivity contribution is 14.1. The predicted molar refractivity (Wildman–Crippen MR) is 108 cm³/mol. The minimum absolute atomic E-state index is 0.0946. The third-order valence-electron chi connectivity index (χ3n) is 4.31. The molecule has 2 aromatic carbocycles. The van der Waals surface area contributed by atoms with E-state index in [9.17, 15) is 0 Å². The topological polar surface area (TPSA) is 61.2 Å². The molecule has 3 aromatic rings. The van der Waals surface area contributed by atoms with Gasteiger partial charge in [-0.05, 0) is 64.1 Å². The summed E-state index contributed by atoms with van der Waals surface area (Å²) in [7, 11) is 3.27. The van der Waals surface area contributed by atoms with Crippen LogP contribution in [0.4, 0.5) is 5.95 Å². The summed E-state index contributed by atoms with van der Waals surface area (Å²) in [5.74, 6) is 2.10. The van der Waals surface area contributed by atoms with Crippen molar-refractivity contribution in [2.75, 3.05) is 19.5 Å². The number of allylic oxidation sites excluding steroid dienone is 1. The Kier molecular flexibility index (Phi) is 4.54. The molecular weight excluding hydrogens is 443 g/mol. The van der Waals surface area contributed by atoms with Gasteiger partial charge in [0.05, 0.1) is 14.2 Å². The SMILES string of the molecule is COc1ccc([C@H]2C=C(c3ccc(I)cc3)Nc3ncnn32)cc1OC. The molecule has 6 nitrogen and oxygen atoms in total. The molecule has 1 N–H and O–H groups in total. The summed E-state index contributed by atoms with van der Waals surface area (Å²) < 4.78 is 13.9. The van der Waals surface area contributed by atoms with Gasteiger partial charge in [0, 0.05) is 9.27 Å². The van der Waals surface area contributed by atoms with Crippen molar-refractivity contribution in [2.45, 2.75) is 6.04 Å². The van der Waals surface area contributed by atoms with E-state index in [2.05, 4.69) is 68.3 Å². The van der Waals surface area contributed by atoms with E-state index in [4.69, 9.17) is 9.47 Å². The van der Waals surface area contributed by atoms with Crippen LogP contribution in [0.2, 0.25) is 0 Å². The Morgan fingerprint density at radius 2 is 1.81 bits per heavy atom. The first-order chi connectivity index (χ1) is 12.7. The fourth-order valence-corrected chi connectivity index (χ4v) is 3.37. The largest absolute Gasteiger partial charge is 0.493 e. The van der Waals surface area contributed by atoms with Crippen molar-refractivity contribution in [2.24, 2.45) is 0 Å². The molecular formula is C19H17IN4O2. The summed E-state index contributed by atoms with van der Waals surface area (Å²) in [6.45, 7) is 0. The number of anilines is 1. The number of methoxy groups -OCH3 is 2. The van der Waals surface area contributed by atoms with Gasteiger partial charge in [-0.15, -0.1) is 0 Å². The van der Waals surface area contributed by atoms with Crippen LogP contribution in [-0.2, 0) is 0 Å². The number of ether oxygens (including phenoxy) is 2. The Morgan fingerprint density at radius 3 is 2.54 bits per heavy atom. The molecule has 0 saturated heterocycles. The van der Waals surface area contributed by atoms with Crippen LogP contribution in [0, 0.1) is 3.57 Å². The summed E-state index contributed by atoms with van der Waals surface area (Å²) in [5.41, 5.74) is 3.14. The van der Waals surface area contributed by atoms with Crippen LogP contribution in [0.15, 0.2) is 54.9 Å². The lowest BCUT2D eigenvalue weighted by molar-refractivity contribution is 0.354. The van der Waals surface area contributed by atoms with Gasteiger partial charge in [0.15, 0.2) is 11.5 Å². The highest BCUT2D eigenvalue weighted by Crippen LogP contribution is 2.36. The van der Waals surface area contributed by atoms with Gasteiger partial charge in [-0.1, -0.05) is 18.2 Å². The number of halogens is 1. The Hall–Kier alpha value is -2.55. The highest BCUT2D eigenvalue weighted by atomic mass is 127. The van der Waals surface area contributed by atoms with Crippen LogP contribution in [0.25, 0.3) is 5.70 Å². The Balaban J connectivity index is 1.80.